The van der Waals surface area contributed by atoms with Crippen molar-refractivity contribution < 1.29 is 26.4 Å². The van der Waals surface area contributed by atoms with Crippen molar-refractivity contribution in [2.75, 3.05) is 37.3 Å². The van der Waals surface area contributed by atoms with Crippen LogP contribution in [-0.4, -0.2) is 61.2 Å². The summed E-state index contributed by atoms with van der Waals surface area (Å²) in [7, 11) is -3.65. The third kappa shape index (κ3) is 4.43. The Hall–Kier alpha value is -3.08. The molecule has 0 N–H and O–H groups in total. The van der Waals surface area contributed by atoms with Crippen LogP contribution in [0.25, 0.3) is 11.0 Å². The molecule has 32 heavy (non-hydrogen) atoms. The SMILES string of the molecule is CS(=O)(=O)c1nc2ccccc2n1CC(=O)N1CCN(c2cccc(C(F)(F)F)c2)CC1. The number of carbonyl (C=O) groups is 1. The molecule has 11 heteroatoms. The number of sulfone groups is 1. The number of alkyl halides is 3. The molecule has 0 atom stereocenters. The van der Waals surface area contributed by atoms with Gasteiger partial charge in [0.25, 0.3) is 0 Å². The Balaban J connectivity index is 1.49. The van der Waals surface area contributed by atoms with E-state index in [1.54, 1.807) is 40.1 Å². The first-order chi connectivity index (χ1) is 15.0. The molecule has 0 spiro atoms. The van der Waals surface area contributed by atoms with Gasteiger partial charge in [-0.15, -0.1) is 0 Å². The normalized spacial score (nSPS) is 15.4. The van der Waals surface area contributed by atoms with Crippen molar-refractivity contribution in [1.29, 1.82) is 0 Å². The van der Waals surface area contributed by atoms with E-state index in [0.717, 1.165) is 18.4 Å². The van der Waals surface area contributed by atoms with Gasteiger partial charge in [-0.25, -0.2) is 13.4 Å². The Kier molecular flexibility index (Phi) is 5.61. The molecule has 7 nitrogen and oxygen atoms in total. The van der Waals surface area contributed by atoms with Gasteiger partial charge in [-0.2, -0.15) is 13.2 Å². The highest BCUT2D eigenvalue weighted by Gasteiger charge is 2.31. The van der Waals surface area contributed by atoms with E-state index in [1.165, 1.54) is 10.6 Å². The van der Waals surface area contributed by atoms with Gasteiger partial charge in [0, 0.05) is 38.1 Å². The fourth-order valence-corrected chi connectivity index (χ4v) is 4.64. The predicted octanol–water partition coefficient (Wildman–Crippen LogP) is 2.81. The number of fused-ring (bicyclic) bond motifs is 1. The van der Waals surface area contributed by atoms with Crippen LogP contribution in [0, 0.1) is 0 Å². The first-order valence-electron chi connectivity index (χ1n) is 9.89. The van der Waals surface area contributed by atoms with Crippen LogP contribution in [-0.2, 0) is 27.4 Å². The molecule has 170 valence electrons. The van der Waals surface area contributed by atoms with Gasteiger partial charge in [-0.05, 0) is 30.3 Å². The second kappa shape index (κ2) is 8.12. The molecule has 0 bridgehead atoms. The summed E-state index contributed by atoms with van der Waals surface area (Å²) in [6.07, 6.45) is -3.37. The van der Waals surface area contributed by atoms with Gasteiger partial charge in [-0.1, -0.05) is 18.2 Å². The van der Waals surface area contributed by atoms with Crippen LogP contribution in [0.4, 0.5) is 18.9 Å². The van der Waals surface area contributed by atoms with Gasteiger partial charge in [0.15, 0.2) is 0 Å². The number of anilines is 1. The molecule has 1 fully saturated rings. The molecule has 1 aliphatic rings. The molecule has 0 aliphatic carbocycles. The summed E-state index contributed by atoms with van der Waals surface area (Å²) in [5.74, 6) is -0.276. The Labute approximate surface area is 183 Å². The van der Waals surface area contributed by atoms with E-state index in [0.29, 0.717) is 42.9 Å². The summed E-state index contributed by atoms with van der Waals surface area (Å²) < 4.78 is 64.7. The Morgan fingerprint density at radius 2 is 1.72 bits per heavy atom. The summed E-state index contributed by atoms with van der Waals surface area (Å²) in [6, 6.07) is 12.0. The van der Waals surface area contributed by atoms with Crippen LogP contribution >= 0.6 is 0 Å². The summed E-state index contributed by atoms with van der Waals surface area (Å²) in [5, 5.41) is -0.172. The highest BCUT2D eigenvalue weighted by molar-refractivity contribution is 7.90. The number of aromatic nitrogens is 2. The highest BCUT2D eigenvalue weighted by atomic mass is 32.2. The van der Waals surface area contributed by atoms with Crippen molar-refractivity contribution in [3.63, 3.8) is 0 Å². The number of para-hydroxylation sites is 2. The fourth-order valence-electron chi connectivity index (χ4n) is 3.82. The molecule has 4 rings (SSSR count). The Morgan fingerprint density at radius 3 is 2.38 bits per heavy atom. The molecule has 3 aromatic rings. The number of nitrogens with zero attached hydrogens (tertiary/aromatic N) is 4. The molecule has 0 saturated carbocycles. The molecule has 1 amide bonds. The van der Waals surface area contributed by atoms with E-state index in [4.69, 9.17) is 0 Å². The quantitative estimate of drug-likeness (QED) is 0.591. The Morgan fingerprint density at radius 1 is 1.03 bits per heavy atom. The number of piperazine rings is 1. The van der Waals surface area contributed by atoms with Crippen LogP contribution in [0.1, 0.15) is 5.56 Å². The topological polar surface area (TPSA) is 75.5 Å². The molecule has 2 heterocycles. The van der Waals surface area contributed by atoms with Gasteiger partial charge in [0.1, 0.15) is 6.54 Å². The van der Waals surface area contributed by atoms with Crippen molar-refractivity contribution in [3.05, 3.63) is 54.1 Å². The minimum atomic E-state index is -4.42. The molecule has 1 aromatic heterocycles. The van der Waals surface area contributed by atoms with Gasteiger partial charge >= 0.3 is 6.18 Å². The van der Waals surface area contributed by atoms with Crippen LogP contribution in [0.3, 0.4) is 0 Å². The maximum Gasteiger partial charge on any atom is 0.416 e. The minimum Gasteiger partial charge on any atom is -0.368 e. The standard InChI is InChI=1S/C21H21F3N4O3S/c1-32(30,31)20-25-17-7-2-3-8-18(17)28(20)14-19(29)27-11-9-26(10-12-27)16-6-4-5-15(13-16)21(22,23)24/h2-8,13H,9-12,14H2,1H3. The molecule has 1 aliphatic heterocycles. The smallest absolute Gasteiger partial charge is 0.368 e. The zero-order valence-electron chi connectivity index (χ0n) is 17.2. The van der Waals surface area contributed by atoms with Crippen molar-refractivity contribution in [3.8, 4) is 0 Å². The second-order valence-corrected chi connectivity index (χ2v) is 9.57. The lowest BCUT2D eigenvalue weighted by molar-refractivity contribution is -0.137. The lowest BCUT2D eigenvalue weighted by Gasteiger charge is -2.36. The molecule has 1 saturated heterocycles. The van der Waals surface area contributed by atoms with E-state index < -0.39 is 21.6 Å². The number of hydrogen-bond acceptors (Lipinski definition) is 5. The number of carbonyl (C=O) groups excluding carboxylic acids is 1. The van der Waals surface area contributed by atoms with E-state index in [9.17, 15) is 26.4 Å². The Bertz CT molecular complexity index is 1260. The third-order valence-corrected chi connectivity index (χ3v) is 6.39. The van der Waals surface area contributed by atoms with Gasteiger partial charge in [-0.3, -0.25) is 4.79 Å². The van der Waals surface area contributed by atoms with Crippen LogP contribution in [0.15, 0.2) is 53.7 Å². The van der Waals surface area contributed by atoms with Crippen LogP contribution in [0.2, 0.25) is 0 Å². The second-order valence-electron chi connectivity index (χ2n) is 7.66. The number of halogens is 3. The summed E-state index contributed by atoms with van der Waals surface area (Å²) >= 11 is 0. The van der Waals surface area contributed by atoms with Crippen molar-refractivity contribution in [2.45, 2.75) is 17.9 Å². The van der Waals surface area contributed by atoms with Crippen molar-refractivity contribution >= 4 is 32.5 Å². The maximum absolute atomic E-state index is 13.0. The molecular formula is C21H21F3N4O3S. The van der Waals surface area contributed by atoms with Gasteiger partial charge in [0.05, 0.1) is 16.6 Å². The zero-order chi connectivity index (χ0) is 23.1. The molecule has 0 unspecified atom stereocenters. The lowest BCUT2D eigenvalue weighted by Crippen LogP contribution is -2.49. The van der Waals surface area contributed by atoms with E-state index in [2.05, 4.69) is 4.98 Å². The largest absolute Gasteiger partial charge is 0.416 e. The average Bonchev–Trinajstić information content (AvgIpc) is 3.12. The van der Waals surface area contributed by atoms with E-state index in [-0.39, 0.29) is 17.6 Å². The van der Waals surface area contributed by atoms with Gasteiger partial charge < -0.3 is 14.4 Å². The predicted molar refractivity (Wildman–Crippen MR) is 113 cm³/mol. The maximum atomic E-state index is 13.0. The highest BCUT2D eigenvalue weighted by Crippen LogP contribution is 2.32. The lowest BCUT2D eigenvalue weighted by atomic mass is 10.1. The van der Waals surface area contributed by atoms with Crippen LogP contribution in [0.5, 0.6) is 0 Å². The summed E-state index contributed by atoms with van der Waals surface area (Å²) in [6.45, 7) is 1.19. The number of benzene rings is 2. The number of rotatable bonds is 4. The minimum absolute atomic E-state index is 0.172. The molecule has 0 radical (unpaired) electrons. The molecular weight excluding hydrogens is 445 g/mol. The van der Waals surface area contributed by atoms with Crippen molar-refractivity contribution in [1.82, 2.24) is 14.5 Å². The monoisotopic (exact) mass is 466 g/mol. The van der Waals surface area contributed by atoms with Crippen molar-refractivity contribution in [2.24, 2.45) is 0 Å². The first-order valence-corrected chi connectivity index (χ1v) is 11.8. The average molecular weight is 466 g/mol. The summed E-state index contributed by atoms with van der Waals surface area (Å²) in [5.41, 5.74) is 0.764. The number of hydrogen-bond donors (Lipinski definition) is 0. The number of amides is 1. The first kappa shape index (κ1) is 22.1. The van der Waals surface area contributed by atoms with Gasteiger partial charge in [0.2, 0.25) is 20.9 Å². The number of imidazole rings is 1. The third-order valence-electron chi connectivity index (χ3n) is 5.42. The van der Waals surface area contributed by atoms with E-state index in [1.807, 2.05) is 0 Å². The summed E-state index contributed by atoms with van der Waals surface area (Å²) in [4.78, 5) is 20.5. The zero-order valence-corrected chi connectivity index (χ0v) is 18.0. The molecule has 2 aromatic carbocycles. The van der Waals surface area contributed by atoms with Crippen LogP contribution < -0.4 is 4.90 Å². The van der Waals surface area contributed by atoms with E-state index >= 15 is 0 Å². The fraction of sp³-hybridized carbons (Fsp3) is 0.333.